The molecule has 0 aliphatic heterocycles. The van der Waals surface area contributed by atoms with E-state index in [0.717, 1.165) is 0 Å². The number of alkyl halides is 13. The van der Waals surface area contributed by atoms with E-state index in [-0.39, 0.29) is 37.1 Å². The Hall–Kier alpha value is -1.65. The molecular weight excluding hydrogens is 536 g/mol. The Morgan fingerprint density at radius 2 is 1.10 bits per heavy atom. The van der Waals surface area contributed by atoms with Gasteiger partial charge in [-0.05, 0) is 6.08 Å². The molecule has 0 aromatic rings. The normalized spacial score (nSPS) is 14.0. The van der Waals surface area contributed by atoms with Crippen molar-refractivity contribution in [2.24, 2.45) is 0 Å². The van der Waals surface area contributed by atoms with Crippen LogP contribution in [0.25, 0.3) is 0 Å². The summed E-state index contributed by atoms with van der Waals surface area (Å²) in [6, 6.07) is 0. The van der Waals surface area contributed by atoms with Gasteiger partial charge in [0.15, 0.2) is 0 Å². The molecule has 0 saturated heterocycles. The number of hydrogen-bond acceptors (Lipinski definition) is 5. The van der Waals surface area contributed by atoms with Crippen LogP contribution >= 0.6 is 0 Å². The molecule has 0 amide bonds. The van der Waals surface area contributed by atoms with Crippen LogP contribution in [0.1, 0.15) is 6.42 Å². The molecule has 0 rings (SSSR count). The van der Waals surface area contributed by atoms with Gasteiger partial charge in [0.25, 0.3) is 0 Å². The van der Waals surface area contributed by atoms with Crippen LogP contribution in [0.3, 0.4) is 0 Å². The number of halogens is 13. The Morgan fingerprint density at radius 3 is 1.45 bits per heavy atom. The number of rotatable bonds is 9. The molecule has 0 saturated carbocycles. The summed E-state index contributed by atoms with van der Waals surface area (Å²) in [6.45, 7) is -1.98. The van der Waals surface area contributed by atoms with Gasteiger partial charge in [-0.25, -0.2) is 4.79 Å². The molecule has 0 aromatic heterocycles. The minimum atomic E-state index is -8.01. The topological polar surface area (TPSA) is 96.4 Å². The van der Waals surface area contributed by atoms with Gasteiger partial charge in [-0.2, -0.15) is 57.1 Å². The Kier molecular flexibility index (Phi) is 11.3. The van der Waals surface area contributed by atoms with Gasteiger partial charge in [0, 0.05) is 6.08 Å². The van der Waals surface area contributed by atoms with Crippen molar-refractivity contribution in [3.63, 3.8) is 0 Å². The van der Waals surface area contributed by atoms with E-state index in [1.165, 1.54) is 0 Å². The van der Waals surface area contributed by atoms with Crippen LogP contribution in [0.5, 0.6) is 0 Å². The number of carbonyl (C=O) groups is 2. The molecule has 0 fully saturated rings. The summed E-state index contributed by atoms with van der Waals surface area (Å²) in [7, 11) is 0. The first-order chi connectivity index (χ1) is 12.6. The molecular formula is C12H7F13O5Zn. The van der Waals surface area contributed by atoms with Crippen LogP contribution in [0.4, 0.5) is 57.1 Å². The van der Waals surface area contributed by atoms with Crippen molar-refractivity contribution in [2.45, 2.75) is 42.2 Å². The minimum absolute atomic E-state index is 0. The molecule has 19 heteroatoms. The van der Waals surface area contributed by atoms with Crippen LogP contribution in [-0.4, -0.2) is 59.8 Å². The second-order valence-electron chi connectivity index (χ2n) is 5.07. The summed E-state index contributed by atoms with van der Waals surface area (Å²) < 4.78 is 170. The molecule has 1 N–H and O–H groups in total. The van der Waals surface area contributed by atoms with Crippen LogP contribution in [0.2, 0.25) is 0 Å². The molecule has 0 spiro atoms. The van der Waals surface area contributed by atoms with Crippen molar-refractivity contribution in [3.8, 4) is 0 Å². The molecule has 0 aliphatic rings. The van der Waals surface area contributed by atoms with Crippen molar-refractivity contribution in [3.05, 3.63) is 12.2 Å². The summed E-state index contributed by atoms with van der Waals surface area (Å²) in [5, 5.41) is 9.90. The molecule has 0 aliphatic carbocycles. The number of carbonyl (C=O) groups excluding carboxylic acids is 2. The van der Waals surface area contributed by atoms with Crippen molar-refractivity contribution < 1.29 is 101 Å². The molecule has 0 aromatic carbocycles. The molecule has 0 radical (unpaired) electrons. The quantitative estimate of drug-likeness (QED) is 0.193. The van der Waals surface area contributed by atoms with E-state index in [1.807, 2.05) is 0 Å². The van der Waals surface area contributed by atoms with Gasteiger partial charge >= 0.3 is 61.2 Å². The maximum absolute atomic E-state index is 13.3. The SMILES string of the molecule is O=C([O-])/C=C/C(=O)OCCC(F)(F)C(F)(F)C(F)(F)C(F)(F)C(F)(F)C(F)(F)F.[OH-].[Zn+2]. The molecule has 178 valence electrons. The molecule has 5 nitrogen and oxygen atoms in total. The Bertz CT molecular complexity index is 660. The molecule has 0 atom stereocenters. The van der Waals surface area contributed by atoms with Crippen LogP contribution < -0.4 is 5.11 Å². The number of hydrogen-bond donors (Lipinski definition) is 0. The zero-order valence-electron chi connectivity index (χ0n) is 14.3. The number of esters is 1. The summed E-state index contributed by atoms with van der Waals surface area (Å²) in [5.41, 5.74) is 0. The summed E-state index contributed by atoms with van der Waals surface area (Å²) in [5.74, 6) is -41.5. The first-order valence-electron chi connectivity index (χ1n) is 6.58. The Labute approximate surface area is 175 Å². The van der Waals surface area contributed by atoms with E-state index in [2.05, 4.69) is 4.74 Å². The van der Waals surface area contributed by atoms with Crippen molar-refractivity contribution >= 4 is 11.9 Å². The van der Waals surface area contributed by atoms with Crippen LogP contribution in [0.15, 0.2) is 12.2 Å². The number of ether oxygens (including phenoxy) is 1. The fourth-order valence-corrected chi connectivity index (χ4v) is 1.42. The standard InChI is InChI=1S/C12H7F13O4.H2O.Zn/c13-7(14,3-4-29-6(28)2-1-5(26)27)8(15,16)9(17,18)10(19,20)11(21,22)12(23,24)25;;/h1-2H,3-4H2,(H,26,27);1H2;/q;;+2/p-2/b2-1+;;. The maximum Gasteiger partial charge on any atom is 2.00 e. The third-order valence-electron chi connectivity index (χ3n) is 3.01. The van der Waals surface area contributed by atoms with Crippen LogP contribution in [-0.2, 0) is 33.8 Å². The van der Waals surface area contributed by atoms with E-state index in [9.17, 15) is 71.8 Å². The predicted octanol–water partition coefficient (Wildman–Crippen LogP) is 2.79. The zero-order chi connectivity index (χ0) is 23.7. The Morgan fingerprint density at radius 1 is 0.710 bits per heavy atom. The molecule has 0 heterocycles. The average Bonchev–Trinajstić information content (AvgIpc) is 2.50. The van der Waals surface area contributed by atoms with Gasteiger partial charge in [-0.3, -0.25) is 0 Å². The third-order valence-corrected chi connectivity index (χ3v) is 3.01. The first-order valence-corrected chi connectivity index (χ1v) is 6.58. The first kappa shape index (κ1) is 34.0. The number of aliphatic carboxylic acids is 1. The van der Waals surface area contributed by atoms with E-state index in [1.54, 1.807) is 0 Å². The van der Waals surface area contributed by atoms with E-state index in [4.69, 9.17) is 0 Å². The molecule has 0 bridgehead atoms. The fraction of sp³-hybridized carbons (Fsp3) is 0.667. The number of carboxylic acids is 1. The van der Waals surface area contributed by atoms with Gasteiger partial charge in [-0.1, -0.05) is 0 Å². The summed E-state index contributed by atoms with van der Waals surface area (Å²) in [4.78, 5) is 20.7. The predicted molar refractivity (Wildman–Crippen MR) is 62.4 cm³/mol. The third kappa shape index (κ3) is 6.43. The van der Waals surface area contributed by atoms with Gasteiger partial charge in [-0.15, -0.1) is 0 Å². The van der Waals surface area contributed by atoms with Gasteiger partial charge < -0.3 is 20.1 Å². The minimum Gasteiger partial charge on any atom is -0.870 e. The molecule has 0 unspecified atom stereocenters. The van der Waals surface area contributed by atoms with E-state index in [0.29, 0.717) is 0 Å². The second-order valence-corrected chi connectivity index (χ2v) is 5.07. The van der Waals surface area contributed by atoms with E-state index < -0.39 is 60.8 Å². The van der Waals surface area contributed by atoms with Crippen molar-refractivity contribution in [1.82, 2.24) is 0 Å². The van der Waals surface area contributed by atoms with Gasteiger partial charge in [0.05, 0.1) is 19.0 Å². The van der Waals surface area contributed by atoms with Gasteiger partial charge in [0.1, 0.15) is 0 Å². The van der Waals surface area contributed by atoms with Gasteiger partial charge in [0.2, 0.25) is 0 Å². The largest absolute Gasteiger partial charge is 2.00 e. The number of carboxylic acid groups (broad SMARTS) is 1. The fourth-order valence-electron chi connectivity index (χ4n) is 1.42. The van der Waals surface area contributed by atoms with Crippen LogP contribution in [0, 0.1) is 0 Å². The van der Waals surface area contributed by atoms with E-state index >= 15 is 0 Å². The van der Waals surface area contributed by atoms with Crippen molar-refractivity contribution in [2.75, 3.05) is 6.61 Å². The van der Waals surface area contributed by atoms with Crippen molar-refractivity contribution in [1.29, 1.82) is 0 Å². The smallest absolute Gasteiger partial charge is 0.870 e. The molecule has 31 heavy (non-hydrogen) atoms. The average molecular weight is 544 g/mol. The zero-order valence-corrected chi connectivity index (χ0v) is 17.2. The monoisotopic (exact) mass is 542 g/mol. The summed E-state index contributed by atoms with van der Waals surface area (Å²) in [6.07, 6.45) is -10.3. The maximum atomic E-state index is 13.3. The second kappa shape index (κ2) is 10.3. The summed E-state index contributed by atoms with van der Waals surface area (Å²) >= 11 is 0. The Balaban J connectivity index is -0.00000392.